The fourth-order valence-corrected chi connectivity index (χ4v) is 5.87. The summed E-state index contributed by atoms with van der Waals surface area (Å²) in [7, 11) is -2.37. The fraction of sp³-hybridized carbons (Fsp3) is 0.594. The Hall–Kier alpha value is -2.60. The molecule has 1 saturated heterocycles. The summed E-state index contributed by atoms with van der Waals surface area (Å²) in [6, 6.07) is 14.0. The van der Waals surface area contributed by atoms with Crippen LogP contribution in [-0.4, -0.2) is 108 Å². The van der Waals surface area contributed by atoms with E-state index in [0.717, 1.165) is 23.9 Å². The molecule has 0 radical (unpaired) electrons. The van der Waals surface area contributed by atoms with Crippen LogP contribution in [0.2, 0.25) is 0 Å². The normalized spacial score (nSPS) is 14.5. The number of benzene rings is 2. The van der Waals surface area contributed by atoms with Crippen molar-refractivity contribution in [1.29, 1.82) is 5.26 Å². The van der Waals surface area contributed by atoms with Gasteiger partial charge in [0.15, 0.2) is 4.91 Å². The van der Waals surface area contributed by atoms with Crippen LogP contribution in [0.3, 0.4) is 0 Å². The van der Waals surface area contributed by atoms with E-state index in [2.05, 4.69) is 27.8 Å². The summed E-state index contributed by atoms with van der Waals surface area (Å²) in [4.78, 5) is 2.11. The van der Waals surface area contributed by atoms with E-state index in [0.29, 0.717) is 77.2 Å². The van der Waals surface area contributed by atoms with E-state index in [1.807, 2.05) is 24.3 Å². The van der Waals surface area contributed by atoms with Crippen molar-refractivity contribution in [1.82, 2.24) is 4.72 Å². The Bertz CT molecular complexity index is 1310. The Balaban J connectivity index is 1.32. The number of anilines is 1. The molecule has 44 heavy (non-hydrogen) atoms. The first kappa shape index (κ1) is 35.9. The molecule has 0 saturated carbocycles. The second-order valence-corrected chi connectivity index (χ2v) is 12.0. The van der Waals surface area contributed by atoms with Gasteiger partial charge in [-0.05, 0) is 66.3 Å². The third kappa shape index (κ3) is 12.4. The van der Waals surface area contributed by atoms with Crippen molar-refractivity contribution < 1.29 is 36.8 Å². The zero-order chi connectivity index (χ0) is 31.5. The van der Waals surface area contributed by atoms with Gasteiger partial charge in [0.05, 0.1) is 72.7 Å². The molecule has 2 aromatic carbocycles. The summed E-state index contributed by atoms with van der Waals surface area (Å²) in [5.74, 6) is 0. The van der Waals surface area contributed by atoms with Crippen molar-refractivity contribution in [3.05, 3.63) is 46.9 Å². The summed E-state index contributed by atoms with van der Waals surface area (Å²) in [5, 5.41) is 11.8. The molecule has 1 N–H and O–H groups in total. The van der Waals surface area contributed by atoms with Crippen molar-refractivity contribution in [2.24, 2.45) is 0 Å². The summed E-state index contributed by atoms with van der Waals surface area (Å²) < 4.78 is 60.2. The van der Waals surface area contributed by atoms with Crippen molar-refractivity contribution >= 4 is 32.1 Å². The van der Waals surface area contributed by atoms with Crippen molar-refractivity contribution in [2.45, 2.75) is 26.2 Å². The number of rotatable bonds is 22. The Morgan fingerprint density at radius 3 is 1.86 bits per heavy atom. The van der Waals surface area contributed by atoms with Crippen molar-refractivity contribution in [3.63, 3.8) is 0 Å². The molecule has 12 heteroatoms. The monoisotopic (exact) mass is 633 g/mol. The van der Waals surface area contributed by atoms with E-state index in [9.17, 15) is 13.7 Å². The number of methoxy groups -OCH3 is 1. The van der Waals surface area contributed by atoms with Gasteiger partial charge in [-0.2, -0.15) is 5.26 Å². The van der Waals surface area contributed by atoms with E-state index in [4.69, 9.17) is 28.4 Å². The Labute approximate surface area is 262 Å². The summed E-state index contributed by atoms with van der Waals surface area (Å²) in [6.07, 6.45) is 3.70. The third-order valence-electron chi connectivity index (χ3n) is 7.15. The predicted molar refractivity (Wildman–Crippen MR) is 171 cm³/mol. The SMILES string of the molecule is COCCOCCOCCOCCOCCOCCNS(=O)(=O)/C(C#N)=C(/C)c1ccc2cc(N3CCCCC3)ccc2c1. The maximum atomic E-state index is 12.9. The number of nitrogens with one attached hydrogen (secondary N) is 1. The molecule has 0 atom stereocenters. The molecule has 0 aromatic heterocycles. The fourth-order valence-electron chi connectivity index (χ4n) is 4.74. The predicted octanol–water partition coefficient (Wildman–Crippen LogP) is 3.73. The number of allylic oxidation sites excluding steroid dienone is 2. The molecule has 1 aliphatic heterocycles. The van der Waals surface area contributed by atoms with Gasteiger partial charge in [-0.3, -0.25) is 0 Å². The highest BCUT2D eigenvalue weighted by atomic mass is 32.2. The van der Waals surface area contributed by atoms with Gasteiger partial charge in [-0.1, -0.05) is 18.2 Å². The number of piperidine rings is 1. The first-order chi connectivity index (χ1) is 21.5. The lowest BCUT2D eigenvalue weighted by Crippen LogP contribution is -2.29. The standard InChI is InChI=1S/C32H47N3O8S/c1-27(28-6-7-30-25-31(9-8-29(30)24-28)35-11-4-3-5-12-35)32(26-33)44(36,37)34-10-13-39-16-17-41-20-21-43-23-22-42-19-18-40-15-14-38-2/h6-9,24-25,34H,3-5,10-23H2,1-2H3/b32-27-. The molecular weight excluding hydrogens is 586 g/mol. The van der Waals surface area contributed by atoms with Crippen LogP contribution >= 0.6 is 0 Å². The van der Waals surface area contributed by atoms with E-state index >= 15 is 0 Å². The van der Waals surface area contributed by atoms with Gasteiger partial charge in [0, 0.05) is 32.4 Å². The second kappa shape index (κ2) is 20.4. The smallest absolute Gasteiger partial charge is 0.251 e. The molecule has 1 aliphatic rings. The molecule has 1 fully saturated rings. The minimum atomic E-state index is -4.00. The average Bonchev–Trinajstić information content (AvgIpc) is 3.04. The highest BCUT2D eigenvalue weighted by Crippen LogP contribution is 2.29. The van der Waals surface area contributed by atoms with Gasteiger partial charge >= 0.3 is 0 Å². The zero-order valence-electron chi connectivity index (χ0n) is 26.1. The summed E-state index contributed by atoms with van der Waals surface area (Å²) in [5.41, 5.74) is 2.30. The Morgan fingerprint density at radius 1 is 0.773 bits per heavy atom. The maximum Gasteiger partial charge on any atom is 0.251 e. The van der Waals surface area contributed by atoms with Gasteiger partial charge < -0.3 is 33.3 Å². The quantitative estimate of drug-likeness (QED) is 0.151. The van der Waals surface area contributed by atoms with Gasteiger partial charge in [0.1, 0.15) is 6.07 Å². The van der Waals surface area contributed by atoms with Gasteiger partial charge in [-0.15, -0.1) is 0 Å². The van der Waals surface area contributed by atoms with Crippen LogP contribution < -0.4 is 9.62 Å². The molecular formula is C32H47N3O8S. The van der Waals surface area contributed by atoms with Crippen LogP contribution in [0.5, 0.6) is 0 Å². The van der Waals surface area contributed by atoms with Crippen LogP contribution in [0, 0.1) is 11.3 Å². The molecule has 11 nitrogen and oxygen atoms in total. The number of fused-ring (bicyclic) bond motifs is 1. The largest absolute Gasteiger partial charge is 0.382 e. The van der Waals surface area contributed by atoms with E-state index in [1.54, 1.807) is 14.0 Å². The molecule has 244 valence electrons. The minimum absolute atomic E-state index is 0.0400. The maximum absolute atomic E-state index is 12.9. The van der Waals surface area contributed by atoms with Crippen molar-refractivity contribution in [2.75, 3.05) is 104 Å². The average molecular weight is 634 g/mol. The van der Waals surface area contributed by atoms with Crippen LogP contribution in [0.25, 0.3) is 16.3 Å². The van der Waals surface area contributed by atoms with Crippen LogP contribution in [-0.2, 0) is 38.4 Å². The van der Waals surface area contributed by atoms with Gasteiger partial charge in [0.25, 0.3) is 10.0 Å². The number of sulfonamides is 1. The third-order valence-corrected chi connectivity index (χ3v) is 8.67. The van der Waals surface area contributed by atoms with E-state index in [1.165, 1.54) is 24.9 Å². The highest BCUT2D eigenvalue weighted by molar-refractivity contribution is 7.93. The number of nitrogens with zero attached hydrogens (tertiary/aromatic N) is 2. The molecule has 0 unspecified atom stereocenters. The first-order valence-electron chi connectivity index (χ1n) is 15.2. The minimum Gasteiger partial charge on any atom is -0.382 e. The molecule has 2 aromatic rings. The summed E-state index contributed by atoms with van der Waals surface area (Å²) in [6.45, 7) is 8.62. The molecule has 0 spiro atoms. The lowest BCUT2D eigenvalue weighted by molar-refractivity contribution is -0.0143. The lowest BCUT2D eigenvalue weighted by atomic mass is 10.0. The van der Waals surface area contributed by atoms with E-state index in [-0.39, 0.29) is 18.1 Å². The Kier molecular flexibility index (Phi) is 16.7. The Morgan fingerprint density at radius 2 is 1.30 bits per heavy atom. The van der Waals surface area contributed by atoms with Gasteiger partial charge in [-0.25, -0.2) is 13.1 Å². The number of hydrogen-bond donors (Lipinski definition) is 1. The molecule has 0 amide bonds. The topological polar surface area (TPSA) is 129 Å². The van der Waals surface area contributed by atoms with Crippen molar-refractivity contribution in [3.8, 4) is 6.07 Å². The second-order valence-electron chi connectivity index (χ2n) is 10.3. The van der Waals surface area contributed by atoms with Crippen LogP contribution in [0.15, 0.2) is 41.3 Å². The number of ether oxygens (including phenoxy) is 6. The van der Waals surface area contributed by atoms with Gasteiger partial charge in [0.2, 0.25) is 0 Å². The lowest BCUT2D eigenvalue weighted by Gasteiger charge is -2.29. The van der Waals surface area contributed by atoms with Crippen LogP contribution in [0.4, 0.5) is 5.69 Å². The molecule has 0 bridgehead atoms. The zero-order valence-corrected chi connectivity index (χ0v) is 26.9. The number of hydrogen-bond acceptors (Lipinski definition) is 10. The number of nitriles is 1. The van der Waals surface area contributed by atoms with Crippen LogP contribution in [0.1, 0.15) is 31.7 Å². The first-order valence-corrected chi connectivity index (χ1v) is 16.7. The molecule has 1 heterocycles. The molecule has 0 aliphatic carbocycles. The van der Waals surface area contributed by atoms with E-state index < -0.39 is 10.0 Å². The molecule has 3 rings (SSSR count). The summed E-state index contributed by atoms with van der Waals surface area (Å²) >= 11 is 0. The highest BCUT2D eigenvalue weighted by Gasteiger charge is 2.21.